The Balaban J connectivity index is 1.10. The van der Waals surface area contributed by atoms with Crippen LogP contribution in [-0.2, 0) is 73.2 Å². The van der Waals surface area contributed by atoms with Gasteiger partial charge >= 0.3 is 6.09 Å². The predicted octanol–water partition coefficient (Wildman–Crippen LogP) is -9.22. The molecule has 0 saturated carbocycles. The van der Waals surface area contributed by atoms with Gasteiger partial charge in [-0.15, -0.1) is 0 Å². The second-order valence-electron chi connectivity index (χ2n) is 24.9. The Kier molecular flexibility index (Phi) is 39.9. The van der Waals surface area contributed by atoms with Crippen LogP contribution in [0.1, 0.15) is 76.2 Å². The van der Waals surface area contributed by atoms with Crippen molar-refractivity contribution < 1.29 is 153 Å². The molecule has 4 aliphatic rings. The van der Waals surface area contributed by atoms with E-state index in [0.717, 1.165) is 5.56 Å². The second-order valence-corrected chi connectivity index (χ2v) is 24.9. The number of unbranched alkanes of at least 4 members (excludes halogenated alkanes) is 6. The molecule has 4 saturated heterocycles. The lowest BCUT2D eigenvalue weighted by Crippen LogP contribution is -2.59. The van der Waals surface area contributed by atoms with Crippen LogP contribution in [0.5, 0.6) is 0 Å². The first-order valence-electron chi connectivity index (χ1n) is 34.1. The molecule has 0 spiro atoms. The first kappa shape index (κ1) is 86.5. The van der Waals surface area contributed by atoms with Crippen LogP contribution >= 0.6 is 0 Å². The smallest absolute Gasteiger partial charge is 0.407 e. The summed E-state index contributed by atoms with van der Waals surface area (Å²) < 4.78 is 49.2. The lowest BCUT2D eigenvalue weighted by molar-refractivity contribution is -0.303. The van der Waals surface area contributed by atoms with Gasteiger partial charge in [0.15, 0.2) is 25.2 Å². The molecular formula is C63H107N7O31. The van der Waals surface area contributed by atoms with Gasteiger partial charge in [-0.1, -0.05) is 43.2 Å². The number of nitrogens with zero attached hydrogens (tertiary/aromatic N) is 3. The Morgan fingerprint density at radius 3 is 0.950 bits per heavy atom. The molecule has 0 unspecified atom stereocenters. The first-order chi connectivity index (χ1) is 48.4. The molecule has 0 bridgehead atoms. The van der Waals surface area contributed by atoms with Crippen molar-refractivity contribution in [2.75, 3.05) is 125 Å². The molecule has 6 amide bonds. The van der Waals surface area contributed by atoms with Crippen molar-refractivity contribution in [1.29, 1.82) is 0 Å². The average molecular weight is 1460 g/mol. The second kappa shape index (κ2) is 46.6. The molecule has 580 valence electrons. The highest BCUT2D eigenvalue weighted by atomic mass is 16.7. The molecule has 4 heterocycles. The highest BCUT2D eigenvalue weighted by molar-refractivity contribution is 5.84. The summed E-state index contributed by atoms with van der Waals surface area (Å²) in [5, 5.41) is 173. The van der Waals surface area contributed by atoms with Crippen molar-refractivity contribution in [3.63, 3.8) is 0 Å². The van der Waals surface area contributed by atoms with Gasteiger partial charge in [-0.2, -0.15) is 0 Å². The van der Waals surface area contributed by atoms with Crippen LogP contribution in [0.25, 0.3) is 0 Å². The number of amides is 6. The van der Waals surface area contributed by atoms with Crippen LogP contribution in [0, 0.1) is 0 Å². The maximum atomic E-state index is 13.6. The lowest BCUT2D eigenvalue weighted by Gasteiger charge is -2.40. The lowest BCUT2D eigenvalue weighted by atomic mass is 9.99. The van der Waals surface area contributed by atoms with Gasteiger partial charge in [0.05, 0.1) is 72.5 Å². The Hall–Kier alpha value is -5.16. The van der Waals surface area contributed by atoms with E-state index in [9.17, 15) is 110 Å². The number of hydrogen-bond acceptors (Lipinski definition) is 32. The van der Waals surface area contributed by atoms with Crippen molar-refractivity contribution in [2.45, 2.75) is 200 Å². The Bertz CT molecular complexity index is 2330. The third-order valence-electron chi connectivity index (χ3n) is 17.2. The van der Waals surface area contributed by atoms with E-state index in [-0.39, 0.29) is 111 Å². The summed E-state index contributed by atoms with van der Waals surface area (Å²) in [5.41, 5.74) is 0.835. The van der Waals surface area contributed by atoms with Crippen LogP contribution in [0.3, 0.4) is 0 Å². The number of ether oxygens (including phenoxy) is 9. The number of benzene rings is 1. The van der Waals surface area contributed by atoms with Gasteiger partial charge in [-0.25, -0.2) is 4.79 Å². The minimum Gasteiger partial charge on any atom is -0.445 e. The fourth-order valence-electron chi connectivity index (χ4n) is 11.2. The largest absolute Gasteiger partial charge is 0.445 e. The van der Waals surface area contributed by atoms with Gasteiger partial charge in [-0.05, 0) is 50.5 Å². The van der Waals surface area contributed by atoms with Gasteiger partial charge in [0, 0.05) is 65.2 Å². The maximum absolute atomic E-state index is 13.6. The van der Waals surface area contributed by atoms with Gasteiger partial charge in [0.2, 0.25) is 29.5 Å². The van der Waals surface area contributed by atoms with Crippen LogP contribution < -0.4 is 21.3 Å². The molecule has 4 aliphatic heterocycles. The molecule has 1 aromatic carbocycles. The van der Waals surface area contributed by atoms with E-state index in [4.69, 9.17) is 42.6 Å². The number of rotatable bonds is 46. The van der Waals surface area contributed by atoms with Crippen LogP contribution in [0.4, 0.5) is 4.79 Å². The number of alkyl carbamates (subject to hydrolysis) is 1. The monoisotopic (exact) mass is 1460 g/mol. The van der Waals surface area contributed by atoms with E-state index < -0.39 is 185 Å². The zero-order valence-electron chi connectivity index (χ0n) is 56.5. The van der Waals surface area contributed by atoms with Crippen molar-refractivity contribution >= 4 is 35.6 Å². The zero-order chi connectivity index (χ0) is 74.0. The van der Waals surface area contributed by atoms with E-state index in [1.165, 1.54) is 14.7 Å². The summed E-state index contributed by atoms with van der Waals surface area (Å²) in [5.74, 6) is -2.37. The van der Waals surface area contributed by atoms with Crippen LogP contribution in [0.2, 0.25) is 0 Å². The first-order valence-corrected chi connectivity index (χ1v) is 34.1. The minimum atomic E-state index is -1.72. The Morgan fingerprint density at radius 1 is 0.366 bits per heavy atom. The summed E-state index contributed by atoms with van der Waals surface area (Å²) in [4.78, 5) is 83.5. The van der Waals surface area contributed by atoms with Crippen molar-refractivity contribution in [1.82, 2.24) is 36.0 Å². The van der Waals surface area contributed by atoms with E-state index in [0.29, 0.717) is 64.3 Å². The van der Waals surface area contributed by atoms with Crippen molar-refractivity contribution in [2.24, 2.45) is 0 Å². The van der Waals surface area contributed by atoms with Gasteiger partial charge in [0.25, 0.3) is 0 Å². The zero-order valence-corrected chi connectivity index (χ0v) is 56.5. The van der Waals surface area contributed by atoms with E-state index >= 15 is 0 Å². The molecular weight excluding hydrogens is 1350 g/mol. The molecule has 101 heavy (non-hydrogen) atoms. The maximum Gasteiger partial charge on any atom is 0.407 e. The minimum absolute atomic E-state index is 0.0336. The fraction of sp³-hybridized carbons (Fsp3) is 0.810. The quantitative estimate of drug-likeness (QED) is 0.0270. The summed E-state index contributed by atoms with van der Waals surface area (Å²) in [7, 11) is 0. The molecule has 1 aromatic rings. The third kappa shape index (κ3) is 29.0. The summed E-state index contributed by atoms with van der Waals surface area (Å²) in [6, 6.07) is 9.17. The van der Waals surface area contributed by atoms with Crippen LogP contribution in [0.15, 0.2) is 30.3 Å². The number of aliphatic hydroxyl groups excluding tert-OH is 16. The Morgan fingerprint density at radius 2 is 0.653 bits per heavy atom. The van der Waals surface area contributed by atoms with Crippen molar-refractivity contribution in [3.8, 4) is 0 Å². The SMILES string of the molecule is O=C(CN(CC(=O)NCCCCCC(=O)N(CCO[C@H]1O[C@H](CO)[C@@H](O)[C@H](O)[C@@H]1O)CCO[C@H]1O[C@H](CO)[C@@H](O)[C@H](O)[C@@H]1O)CC(=O)NCCCCCC(=O)N(CCO[C@H]1O[C@H](CO)[C@@H](O)[C@H](O)[C@@H]1O)CCO[C@H]1O[C@H](CO)[C@@H](O)[C@H](O)[C@@H]1O)NCCCCCNC(=O)OCc1ccccc1. The normalized spacial score (nSPS) is 29.8. The summed E-state index contributed by atoms with van der Waals surface area (Å²) in [6.07, 6.45) is -27.9. The highest BCUT2D eigenvalue weighted by Gasteiger charge is 2.48. The number of hydrogen-bond donors (Lipinski definition) is 20. The molecule has 0 aromatic heterocycles. The van der Waals surface area contributed by atoms with E-state index in [2.05, 4.69) is 21.3 Å². The predicted molar refractivity (Wildman–Crippen MR) is 343 cm³/mol. The summed E-state index contributed by atoms with van der Waals surface area (Å²) in [6.45, 7) is -4.69. The molecule has 4 fully saturated rings. The van der Waals surface area contributed by atoms with Crippen LogP contribution in [-0.4, -0.2) is 380 Å². The number of carbonyl (C=O) groups excluding carboxylic acids is 6. The number of carbonyl (C=O) groups is 6. The molecule has 0 radical (unpaired) electrons. The topological polar surface area (TPSA) is 567 Å². The highest BCUT2D eigenvalue weighted by Crippen LogP contribution is 2.26. The fourth-order valence-corrected chi connectivity index (χ4v) is 11.2. The Labute approximate surface area is 583 Å². The molecule has 38 heteroatoms. The van der Waals surface area contributed by atoms with Crippen molar-refractivity contribution in [3.05, 3.63) is 35.9 Å². The van der Waals surface area contributed by atoms with E-state index in [1.807, 2.05) is 30.3 Å². The number of aliphatic hydroxyl groups is 16. The molecule has 5 rings (SSSR count). The standard InChI is InChI=1S/C63H107N7O31/c71-32-38-47(80)51(84)55(88)59(98-38)93-25-21-69(22-26-94-60-56(89)52(85)48(81)39(33-72)99-60)45(78)15-7-2-9-17-64-42(75)29-68(31-44(77)66-19-11-4-12-20-67-63(92)97-36-37-13-5-1-6-14-37)30-43(76)65-18-10-3-8-16-46(79)70(23-27-95-61-57(90)53(86)49(82)40(34-73)100-61)24-28-96-62-58(91)54(87)50(83)41(35-74)101-62/h1,5-6,13-14,38-41,47-62,71-74,80-91H,2-4,7-12,15-36H2,(H,64,75)(H,65,76)(H,66,77)(H,67,92)/t38-,39-,40-,41-,47-,48-,49-,50-,51+,52+,53+,54+,55+,56+,57+,58+,59+,60+,61+,62+/m1/s1. The van der Waals surface area contributed by atoms with Gasteiger partial charge < -0.3 is 155 Å². The summed E-state index contributed by atoms with van der Waals surface area (Å²) >= 11 is 0. The van der Waals surface area contributed by atoms with Gasteiger partial charge in [0.1, 0.15) is 104 Å². The number of nitrogens with one attached hydrogen (secondary N) is 4. The van der Waals surface area contributed by atoms with E-state index in [1.54, 1.807) is 0 Å². The third-order valence-corrected chi connectivity index (χ3v) is 17.2. The average Bonchev–Trinajstić information content (AvgIpc) is 0.840. The van der Waals surface area contributed by atoms with Gasteiger partial charge in [-0.3, -0.25) is 28.9 Å². The molecule has 20 atom stereocenters. The molecule has 20 N–H and O–H groups in total. The molecule has 38 nitrogen and oxygen atoms in total. The molecule has 0 aliphatic carbocycles.